The summed E-state index contributed by atoms with van der Waals surface area (Å²) < 4.78 is 11.3. The lowest BCUT2D eigenvalue weighted by molar-refractivity contribution is -0.123. The molecule has 1 heterocycles. The largest absolute Gasteiger partial charge is 0.490 e. The van der Waals surface area contributed by atoms with Gasteiger partial charge < -0.3 is 9.47 Å². The van der Waals surface area contributed by atoms with Gasteiger partial charge in [-0.25, -0.2) is 0 Å². The summed E-state index contributed by atoms with van der Waals surface area (Å²) in [4.78, 5) is 23.8. The number of rotatable bonds is 6. The Balaban J connectivity index is 2.29. The third kappa shape index (κ3) is 4.55. The Labute approximate surface area is 146 Å². The van der Waals surface area contributed by atoms with Crippen molar-refractivity contribution in [3.05, 3.63) is 29.3 Å². The van der Waals surface area contributed by atoms with Crippen molar-refractivity contribution in [2.24, 2.45) is 5.92 Å². The molecule has 1 aliphatic heterocycles. The van der Waals surface area contributed by atoms with Crippen molar-refractivity contribution in [1.29, 1.82) is 0 Å². The summed E-state index contributed by atoms with van der Waals surface area (Å²) >= 11 is 4.77. The number of benzene rings is 1. The molecule has 1 saturated heterocycles. The zero-order chi connectivity index (χ0) is 17.7. The average molecular weight is 348 g/mol. The van der Waals surface area contributed by atoms with Gasteiger partial charge in [-0.05, 0) is 48.8 Å². The molecule has 2 amide bonds. The molecule has 2 rings (SSSR count). The fourth-order valence-electron chi connectivity index (χ4n) is 2.03. The molecule has 7 heteroatoms. The predicted octanol–water partition coefficient (Wildman–Crippen LogP) is 2.03. The molecule has 0 saturated carbocycles. The summed E-state index contributed by atoms with van der Waals surface area (Å²) in [5.41, 5.74) is 0.644. The topological polar surface area (TPSA) is 76.7 Å². The molecule has 0 bridgehead atoms. The van der Waals surface area contributed by atoms with Gasteiger partial charge in [0.15, 0.2) is 16.6 Å². The van der Waals surface area contributed by atoms with E-state index in [2.05, 4.69) is 24.5 Å². The number of carbonyl (C=O) groups excluding carboxylic acids is 2. The second kappa shape index (κ2) is 7.92. The Kier molecular flexibility index (Phi) is 5.92. The molecule has 0 unspecified atom stereocenters. The first-order valence-corrected chi connectivity index (χ1v) is 8.09. The van der Waals surface area contributed by atoms with Gasteiger partial charge in [-0.1, -0.05) is 19.9 Å². The van der Waals surface area contributed by atoms with Crippen LogP contribution in [0.15, 0.2) is 23.8 Å². The lowest BCUT2D eigenvalue weighted by Crippen LogP contribution is -2.51. The van der Waals surface area contributed by atoms with E-state index in [1.54, 1.807) is 18.2 Å². The normalized spacial score (nSPS) is 14.3. The van der Waals surface area contributed by atoms with Crippen LogP contribution in [-0.2, 0) is 9.59 Å². The Hall–Kier alpha value is -2.41. The Morgan fingerprint density at radius 1 is 1.12 bits per heavy atom. The fourth-order valence-corrected chi connectivity index (χ4v) is 2.22. The highest BCUT2D eigenvalue weighted by Gasteiger charge is 2.25. The molecular weight excluding hydrogens is 328 g/mol. The number of hydrogen-bond acceptors (Lipinski definition) is 5. The zero-order valence-corrected chi connectivity index (χ0v) is 14.7. The molecular formula is C17H20N2O4S. The first-order valence-electron chi connectivity index (χ1n) is 7.68. The number of hydrogen-bond donors (Lipinski definition) is 2. The van der Waals surface area contributed by atoms with Crippen LogP contribution >= 0.6 is 12.2 Å². The van der Waals surface area contributed by atoms with Gasteiger partial charge in [0.1, 0.15) is 5.57 Å². The van der Waals surface area contributed by atoms with Crippen LogP contribution in [0.5, 0.6) is 11.5 Å². The molecule has 6 nitrogen and oxygen atoms in total. The molecule has 1 aromatic carbocycles. The molecule has 1 aliphatic rings. The second-order valence-corrected chi connectivity index (χ2v) is 6.05. The van der Waals surface area contributed by atoms with Crippen LogP contribution in [0.2, 0.25) is 0 Å². The van der Waals surface area contributed by atoms with Gasteiger partial charge in [0.25, 0.3) is 11.8 Å². The molecule has 2 N–H and O–H groups in total. The second-order valence-electron chi connectivity index (χ2n) is 5.64. The Bertz CT molecular complexity index is 676. The van der Waals surface area contributed by atoms with E-state index in [1.165, 1.54) is 6.08 Å². The van der Waals surface area contributed by atoms with E-state index in [0.717, 1.165) is 0 Å². The molecule has 0 atom stereocenters. The molecule has 0 aliphatic carbocycles. The van der Waals surface area contributed by atoms with Gasteiger partial charge in [0.05, 0.1) is 13.2 Å². The summed E-state index contributed by atoms with van der Waals surface area (Å²) in [6.07, 6.45) is 1.49. The maximum atomic E-state index is 11.9. The fraction of sp³-hybridized carbons (Fsp3) is 0.353. The van der Waals surface area contributed by atoms with E-state index in [-0.39, 0.29) is 10.7 Å². The quantitative estimate of drug-likeness (QED) is 0.467. The van der Waals surface area contributed by atoms with Crippen LogP contribution in [0.4, 0.5) is 0 Å². The van der Waals surface area contributed by atoms with Gasteiger partial charge in [0.2, 0.25) is 0 Å². The lowest BCUT2D eigenvalue weighted by Gasteiger charge is -2.17. The van der Waals surface area contributed by atoms with Crippen LogP contribution in [0.25, 0.3) is 6.08 Å². The first-order chi connectivity index (χ1) is 11.4. The molecule has 0 spiro atoms. The number of carbonyl (C=O) groups is 2. The maximum absolute atomic E-state index is 11.9. The van der Waals surface area contributed by atoms with Crippen LogP contribution in [0, 0.1) is 5.92 Å². The number of ether oxygens (including phenoxy) is 2. The molecule has 128 valence electrons. The lowest BCUT2D eigenvalue weighted by atomic mass is 10.1. The summed E-state index contributed by atoms with van der Waals surface area (Å²) in [7, 11) is 0. The zero-order valence-electron chi connectivity index (χ0n) is 13.8. The summed E-state index contributed by atoms with van der Waals surface area (Å²) in [5.74, 6) is 0.537. The summed E-state index contributed by atoms with van der Waals surface area (Å²) in [6.45, 7) is 7.05. The van der Waals surface area contributed by atoms with Crippen molar-refractivity contribution in [3.8, 4) is 11.5 Å². The Morgan fingerprint density at radius 2 is 1.79 bits per heavy atom. The predicted molar refractivity (Wildman–Crippen MR) is 94.8 cm³/mol. The van der Waals surface area contributed by atoms with E-state index in [1.807, 2.05) is 6.92 Å². The number of thiocarbonyl (C=S) groups is 1. The van der Waals surface area contributed by atoms with Gasteiger partial charge >= 0.3 is 0 Å². The monoisotopic (exact) mass is 348 g/mol. The third-order valence-corrected chi connectivity index (χ3v) is 3.30. The minimum Gasteiger partial charge on any atom is -0.490 e. The van der Waals surface area contributed by atoms with Crippen molar-refractivity contribution >= 4 is 35.2 Å². The van der Waals surface area contributed by atoms with Crippen molar-refractivity contribution in [3.63, 3.8) is 0 Å². The van der Waals surface area contributed by atoms with E-state index in [0.29, 0.717) is 36.2 Å². The van der Waals surface area contributed by atoms with Gasteiger partial charge in [-0.2, -0.15) is 0 Å². The highest BCUT2D eigenvalue weighted by atomic mass is 32.1. The van der Waals surface area contributed by atoms with E-state index in [9.17, 15) is 9.59 Å². The maximum Gasteiger partial charge on any atom is 0.263 e. The minimum atomic E-state index is -0.526. The van der Waals surface area contributed by atoms with Crippen molar-refractivity contribution in [1.82, 2.24) is 10.6 Å². The highest BCUT2D eigenvalue weighted by molar-refractivity contribution is 7.80. The average Bonchev–Trinajstić information content (AvgIpc) is 2.50. The molecule has 1 aromatic rings. The van der Waals surface area contributed by atoms with Crippen molar-refractivity contribution < 1.29 is 19.1 Å². The standard InChI is InChI=1S/C17H20N2O4S/c1-4-22-14-8-11(5-6-13(14)23-9-10(2)3)7-12-15(20)18-17(24)19-16(12)21/h5-8,10H,4,9H2,1-3H3,(H2,18,19,20,21,24). The van der Waals surface area contributed by atoms with Crippen molar-refractivity contribution in [2.45, 2.75) is 20.8 Å². The summed E-state index contributed by atoms with van der Waals surface area (Å²) in [5, 5.41) is 4.81. The SMILES string of the molecule is CCOc1cc(C=C2C(=O)NC(=S)NC2=O)ccc1OCC(C)C. The van der Waals surface area contributed by atoms with E-state index >= 15 is 0 Å². The molecule has 0 radical (unpaired) electrons. The molecule has 24 heavy (non-hydrogen) atoms. The molecule has 0 aromatic heterocycles. The minimum absolute atomic E-state index is 0.00888. The highest BCUT2D eigenvalue weighted by Crippen LogP contribution is 2.30. The number of nitrogens with one attached hydrogen (secondary N) is 2. The number of amides is 2. The van der Waals surface area contributed by atoms with Crippen LogP contribution in [-0.4, -0.2) is 30.1 Å². The van der Waals surface area contributed by atoms with Crippen LogP contribution < -0.4 is 20.1 Å². The Morgan fingerprint density at radius 3 is 2.38 bits per heavy atom. The van der Waals surface area contributed by atoms with E-state index < -0.39 is 11.8 Å². The van der Waals surface area contributed by atoms with Crippen LogP contribution in [0.3, 0.4) is 0 Å². The van der Waals surface area contributed by atoms with E-state index in [4.69, 9.17) is 21.7 Å². The summed E-state index contributed by atoms with van der Waals surface area (Å²) in [6, 6.07) is 5.27. The third-order valence-electron chi connectivity index (χ3n) is 3.09. The van der Waals surface area contributed by atoms with Gasteiger partial charge in [-0.15, -0.1) is 0 Å². The van der Waals surface area contributed by atoms with Gasteiger partial charge in [0, 0.05) is 0 Å². The first kappa shape index (κ1) is 17.9. The van der Waals surface area contributed by atoms with Crippen LogP contribution in [0.1, 0.15) is 26.3 Å². The van der Waals surface area contributed by atoms with Gasteiger partial charge in [-0.3, -0.25) is 20.2 Å². The molecule has 1 fully saturated rings. The smallest absolute Gasteiger partial charge is 0.263 e. The van der Waals surface area contributed by atoms with Crippen molar-refractivity contribution in [2.75, 3.05) is 13.2 Å².